The largest absolute Gasteiger partial charge is 0.439 e. The van der Waals surface area contributed by atoms with Gasteiger partial charge in [-0.15, -0.1) is 11.8 Å². The summed E-state index contributed by atoms with van der Waals surface area (Å²) in [7, 11) is 0. The quantitative estimate of drug-likeness (QED) is 0.565. The first-order chi connectivity index (χ1) is 9.88. The van der Waals surface area contributed by atoms with E-state index in [0.29, 0.717) is 5.90 Å². The van der Waals surface area contributed by atoms with Crippen LogP contribution in [0.2, 0.25) is 0 Å². The Morgan fingerprint density at radius 2 is 1.70 bits per heavy atom. The van der Waals surface area contributed by atoms with Gasteiger partial charge in [-0.1, -0.05) is 43.3 Å². The molecule has 0 fully saturated rings. The molecule has 0 amide bonds. The number of benzene rings is 2. The van der Waals surface area contributed by atoms with E-state index in [9.17, 15) is 0 Å². The predicted molar refractivity (Wildman–Crippen MR) is 87.9 cm³/mol. The van der Waals surface area contributed by atoms with Crippen LogP contribution in [0.4, 0.5) is 5.69 Å². The van der Waals surface area contributed by atoms with Crippen LogP contribution in [0.5, 0.6) is 5.75 Å². The number of aliphatic imine (C=N–C) groups is 1. The van der Waals surface area contributed by atoms with Crippen LogP contribution in [0.1, 0.15) is 6.92 Å². The molecular formula is C17H17NOS. The highest BCUT2D eigenvalue weighted by atomic mass is 32.2. The zero-order valence-corrected chi connectivity index (χ0v) is 12.2. The summed E-state index contributed by atoms with van der Waals surface area (Å²) in [5, 5.41) is 2.00. The van der Waals surface area contributed by atoms with E-state index < -0.39 is 0 Å². The van der Waals surface area contributed by atoms with Crippen LogP contribution >= 0.6 is 11.8 Å². The molecule has 0 saturated carbocycles. The average molecular weight is 283 g/mol. The van der Waals surface area contributed by atoms with Gasteiger partial charge in [0.2, 0.25) is 5.90 Å². The molecule has 0 atom stereocenters. The highest BCUT2D eigenvalue weighted by Gasteiger charge is 1.99. The zero-order valence-electron chi connectivity index (χ0n) is 11.4. The van der Waals surface area contributed by atoms with E-state index >= 15 is 0 Å². The van der Waals surface area contributed by atoms with E-state index in [1.807, 2.05) is 72.1 Å². The third-order valence-corrected chi connectivity index (χ3v) is 3.10. The van der Waals surface area contributed by atoms with Crippen LogP contribution in [0, 0.1) is 0 Å². The second-order valence-corrected chi connectivity index (χ2v) is 5.14. The first-order valence-electron chi connectivity index (χ1n) is 6.53. The lowest BCUT2D eigenvalue weighted by atomic mass is 10.3. The molecule has 2 aromatic rings. The van der Waals surface area contributed by atoms with Crippen LogP contribution in [0.15, 0.2) is 77.1 Å². The van der Waals surface area contributed by atoms with Gasteiger partial charge in [0.1, 0.15) is 5.75 Å². The Kier molecular flexibility index (Phi) is 5.93. The smallest absolute Gasteiger partial charge is 0.220 e. The number of rotatable bonds is 5. The summed E-state index contributed by atoms with van der Waals surface area (Å²) in [4.78, 5) is 4.52. The Morgan fingerprint density at radius 3 is 2.35 bits per heavy atom. The molecule has 102 valence electrons. The molecule has 0 spiro atoms. The van der Waals surface area contributed by atoms with E-state index in [4.69, 9.17) is 4.74 Å². The molecule has 3 heteroatoms. The lowest BCUT2D eigenvalue weighted by molar-refractivity contribution is 0.556. The summed E-state index contributed by atoms with van der Waals surface area (Å²) in [6.45, 7) is 2.11. The fourth-order valence-corrected chi connectivity index (χ4v) is 1.94. The maximum Gasteiger partial charge on any atom is 0.220 e. The number of hydrogen-bond donors (Lipinski definition) is 0. The molecule has 0 unspecified atom stereocenters. The molecule has 20 heavy (non-hydrogen) atoms. The summed E-state index contributed by atoms with van der Waals surface area (Å²) < 4.78 is 5.81. The molecule has 2 rings (SSSR count). The van der Waals surface area contributed by atoms with Crippen molar-refractivity contribution in [3.05, 3.63) is 72.1 Å². The second kappa shape index (κ2) is 8.23. The van der Waals surface area contributed by atoms with E-state index in [1.54, 1.807) is 11.8 Å². The Balaban J connectivity index is 2.18. The van der Waals surface area contributed by atoms with E-state index in [0.717, 1.165) is 17.2 Å². The molecule has 0 heterocycles. The minimum atomic E-state index is 0.586. The first kappa shape index (κ1) is 14.4. The van der Waals surface area contributed by atoms with E-state index in [2.05, 4.69) is 11.9 Å². The van der Waals surface area contributed by atoms with Crippen molar-refractivity contribution in [2.45, 2.75) is 6.92 Å². The Hall–Kier alpha value is -2.00. The zero-order chi connectivity index (χ0) is 14.0. The summed E-state index contributed by atoms with van der Waals surface area (Å²) in [5.74, 6) is 2.40. The van der Waals surface area contributed by atoms with E-state index in [1.165, 1.54) is 0 Å². The summed E-state index contributed by atoms with van der Waals surface area (Å²) in [6.07, 6.45) is 1.90. The standard InChI is InChI=1S/C17H17NOS/c1-2-20-14-13-17(18-15-9-5-3-6-10-15)19-16-11-7-4-8-12-16/h3-14H,2H2,1H3. The summed E-state index contributed by atoms with van der Waals surface area (Å²) >= 11 is 1.72. The minimum absolute atomic E-state index is 0.586. The lowest BCUT2D eigenvalue weighted by Crippen LogP contribution is -2.04. The topological polar surface area (TPSA) is 21.6 Å². The fraction of sp³-hybridized carbons (Fsp3) is 0.118. The van der Waals surface area contributed by atoms with Gasteiger partial charge in [-0.25, -0.2) is 4.99 Å². The van der Waals surface area contributed by atoms with Crippen molar-refractivity contribution in [3.8, 4) is 5.75 Å². The van der Waals surface area contributed by atoms with Crippen LogP contribution in [-0.2, 0) is 0 Å². The van der Waals surface area contributed by atoms with Gasteiger partial charge in [0.05, 0.1) is 5.69 Å². The van der Waals surface area contributed by atoms with Gasteiger partial charge >= 0.3 is 0 Å². The van der Waals surface area contributed by atoms with Crippen molar-refractivity contribution in [2.24, 2.45) is 4.99 Å². The predicted octanol–water partition coefficient (Wildman–Crippen LogP) is 5.06. The maximum absolute atomic E-state index is 5.81. The fourth-order valence-electron chi connectivity index (χ4n) is 1.54. The molecular weight excluding hydrogens is 266 g/mol. The van der Waals surface area contributed by atoms with Crippen molar-refractivity contribution in [3.63, 3.8) is 0 Å². The number of hydrogen-bond acceptors (Lipinski definition) is 3. The third kappa shape index (κ3) is 4.94. The average Bonchev–Trinajstić information content (AvgIpc) is 2.49. The Morgan fingerprint density at radius 1 is 1.05 bits per heavy atom. The van der Waals surface area contributed by atoms with Crippen molar-refractivity contribution in [1.29, 1.82) is 0 Å². The lowest BCUT2D eigenvalue weighted by Gasteiger charge is -2.05. The molecule has 0 radical (unpaired) electrons. The molecule has 0 aromatic heterocycles. The number of nitrogens with zero attached hydrogens (tertiary/aromatic N) is 1. The highest BCUT2D eigenvalue weighted by Crippen LogP contribution is 2.15. The highest BCUT2D eigenvalue weighted by molar-refractivity contribution is 8.02. The summed E-state index contributed by atoms with van der Waals surface area (Å²) in [6, 6.07) is 19.5. The summed E-state index contributed by atoms with van der Waals surface area (Å²) in [5.41, 5.74) is 0.879. The Labute approximate surface area is 124 Å². The molecule has 2 nitrogen and oxygen atoms in total. The van der Waals surface area contributed by atoms with Crippen LogP contribution in [-0.4, -0.2) is 11.7 Å². The van der Waals surface area contributed by atoms with Crippen molar-refractivity contribution >= 4 is 23.3 Å². The van der Waals surface area contributed by atoms with Gasteiger partial charge in [-0.05, 0) is 35.4 Å². The van der Waals surface area contributed by atoms with Crippen LogP contribution in [0.3, 0.4) is 0 Å². The third-order valence-electron chi connectivity index (χ3n) is 2.43. The normalized spacial score (nSPS) is 11.8. The molecule has 0 aliphatic carbocycles. The molecule has 0 aliphatic rings. The van der Waals surface area contributed by atoms with E-state index in [-0.39, 0.29) is 0 Å². The van der Waals surface area contributed by atoms with Gasteiger partial charge in [0.15, 0.2) is 0 Å². The van der Waals surface area contributed by atoms with Gasteiger partial charge in [-0.3, -0.25) is 0 Å². The first-order valence-corrected chi connectivity index (χ1v) is 7.58. The Bertz CT molecular complexity index is 564. The molecule has 0 saturated heterocycles. The van der Waals surface area contributed by atoms with Gasteiger partial charge in [0.25, 0.3) is 0 Å². The molecule has 2 aromatic carbocycles. The van der Waals surface area contributed by atoms with Crippen LogP contribution < -0.4 is 4.74 Å². The van der Waals surface area contributed by atoms with Gasteiger partial charge in [-0.2, -0.15) is 0 Å². The monoisotopic (exact) mass is 283 g/mol. The number of thioether (sulfide) groups is 1. The van der Waals surface area contributed by atoms with Crippen molar-refractivity contribution in [2.75, 3.05) is 5.75 Å². The van der Waals surface area contributed by atoms with Gasteiger partial charge in [0, 0.05) is 6.08 Å². The van der Waals surface area contributed by atoms with Crippen molar-refractivity contribution in [1.82, 2.24) is 0 Å². The molecule has 0 bridgehead atoms. The van der Waals surface area contributed by atoms with Crippen molar-refractivity contribution < 1.29 is 4.74 Å². The second-order valence-electron chi connectivity index (χ2n) is 3.96. The molecule has 0 aliphatic heterocycles. The number of ether oxygens (including phenoxy) is 1. The SMILES string of the molecule is CCSC=CC(=Nc1ccccc1)Oc1ccccc1. The number of para-hydroxylation sites is 2. The molecule has 0 N–H and O–H groups in total. The maximum atomic E-state index is 5.81. The van der Waals surface area contributed by atoms with Gasteiger partial charge < -0.3 is 4.74 Å². The minimum Gasteiger partial charge on any atom is -0.439 e. The van der Waals surface area contributed by atoms with Crippen LogP contribution in [0.25, 0.3) is 0 Å².